The lowest BCUT2D eigenvalue weighted by Crippen LogP contribution is -2.38. The van der Waals surface area contributed by atoms with Crippen LogP contribution >= 0.6 is 0 Å². The van der Waals surface area contributed by atoms with Gasteiger partial charge in [0.15, 0.2) is 0 Å². The van der Waals surface area contributed by atoms with Crippen molar-refractivity contribution in [2.75, 3.05) is 32.0 Å². The molecule has 0 bridgehead atoms. The Kier molecular flexibility index (Phi) is 6.86. The number of rotatable bonds is 6. The maximum atomic E-state index is 12.9. The summed E-state index contributed by atoms with van der Waals surface area (Å²) in [6.07, 6.45) is 3.18. The summed E-state index contributed by atoms with van der Waals surface area (Å²) in [5.74, 6) is -0.0512. The number of benzene rings is 1. The second kappa shape index (κ2) is 9.23. The zero-order valence-corrected chi connectivity index (χ0v) is 19.3. The molecule has 1 saturated heterocycles. The van der Waals surface area contributed by atoms with Gasteiger partial charge < -0.3 is 15.2 Å². The van der Waals surface area contributed by atoms with E-state index >= 15 is 0 Å². The molecule has 0 saturated carbocycles. The summed E-state index contributed by atoms with van der Waals surface area (Å²) in [7, 11) is -2.58. The number of anilines is 1. The van der Waals surface area contributed by atoms with Gasteiger partial charge >= 0.3 is 0 Å². The van der Waals surface area contributed by atoms with Crippen LogP contribution in [0.15, 0.2) is 35.4 Å². The first-order valence-electron chi connectivity index (χ1n) is 10.4. The highest BCUT2D eigenvalue weighted by Gasteiger charge is 2.27. The smallest absolute Gasteiger partial charge is 0.270 e. The summed E-state index contributed by atoms with van der Waals surface area (Å²) < 4.78 is 26.8. The molecule has 1 aromatic heterocycles. The fourth-order valence-corrected chi connectivity index (χ4v) is 4.69. The number of sulfonamides is 1. The number of likely N-dealkylation sites (tertiary alicyclic amines) is 1. The molecule has 2 aromatic rings. The van der Waals surface area contributed by atoms with Crippen LogP contribution in [0.1, 0.15) is 41.4 Å². The standard InChI is InChI=1S/C22H30N4O4S/c1-15-8-10-26(11-9-15)22(28)20-12-18(13-23-20)31(29,30)25(4)14-21(27)24-19-7-5-6-16(2)17(19)3/h5-7,12-13,15,23H,8-11,14H2,1-4H3,(H,24,27). The number of amides is 2. The molecule has 2 N–H and O–H groups in total. The largest absolute Gasteiger partial charge is 0.356 e. The van der Waals surface area contributed by atoms with Gasteiger partial charge in [0.25, 0.3) is 5.91 Å². The van der Waals surface area contributed by atoms with Crippen molar-refractivity contribution >= 4 is 27.5 Å². The average molecular weight is 447 g/mol. The third-order valence-corrected chi connectivity index (χ3v) is 7.69. The molecule has 31 heavy (non-hydrogen) atoms. The first kappa shape index (κ1) is 23.0. The minimum absolute atomic E-state index is 0.0386. The molecule has 1 fully saturated rings. The third-order valence-electron chi connectivity index (χ3n) is 5.91. The lowest BCUT2D eigenvalue weighted by molar-refractivity contribution is -0.116. The molecular formula is C22H30N4O4S. The summed E-state index contributed by atoms with van der Waals surface area (Å²) in [6, 6.07) is 6.89. The number of aryl methyl sites for hydroxylation is 1. The highest BCUT2D eigenvalue weighted by Crippen LogP contribution is 2.21. The van der Waals surface area contributed by atoms with Crippen LogP contribution in [-0.2, 0) is 14.8 Å². The fourth-order valence-electron chi connectivity index (χ4n) is 3.57. The van der Waals surface area contributed by atoms with Gasteiger partial charge in [-0.1, -0.05) is 19.1 Å². The molecule has 1 aliphatic rings. The average Bonchev–Trinajstić information content (AvgIpc) is 3.22. The van der Waals surface area contributed by atoms with Crippen molar-refractivity contribution in [2.45, 2.75) is 38.5 Å². The van der Waals surface area contributed by atoms with Crippen LogP contribution in [0.25, 0.3) is 0 Å². The number of aromatic nitrogens is 1. The number of likely N-dealkylation sites (N-methyl/N-ethyl adjacent to an activating group) is 1. The number of hydrogen-bond acceptors (Lipinski definition) is 4. The Morgan fingerprint density at radius 2 is 1.90 bits per heavy atom. The number of H-pyrrole nitrogens is 1. The van der Waals surface area contributed by atoms with E-state index in [1.165, 1.54) is 19.3 Å². The van der Waals surface area contributed by atoms with Gasteiger partial charge in [-0.15, -0.1) is 0 Å². The van der Waals surface area contributed by atoms with Crippen molar-refractivity contribution in [3.8, 4) is 0 Å². The summed E-state index contributed by atoms with van der Waals surface area (Å²) >= 11 is 0. The Labute approximate surface area is 183 Å². The van der Waals surface area contributed by atoms with Crippen LogP contribution in [0.2, 0.25) is 0 Å². The summed E-state index contributed by atoms with van der Waals surface area (Å²) in [5.41, 5.74) is 2.86. The second-order valence-corrected chi connectivity index (χ2v) is 10.3. The Morgan fingerprint density at radius 3 is 2.58 bits per heavy atom. The molecule has 2 amide bonds. The predicted molar refractivity (Wildman–Crippen MR) is 119 cm³/mol. The zero-order valence-electron chi connectivity index (χ0n) is 18.4. The molecule has 9 heteroatoms. The number of aromatic amines is 1. The first-order valence-corrected chi connectivity index (χ1v) is 11.8. The first-order chi connectivity index (χ1) is 14.6. The molecule has 0 spiro atoms. The molecule has 1 aliphatic heterocycles. The summed E-state index contributed by atoms with van der Waals surface area (Å²) in [4.78, 5) is 29.6. The van der Waals surface area contributed by atoms with E-state index in [1.807, 2.05) is 26.0 Å². The molecular weight excluding hydrogens is 416 g/mol. The van der Waals surface area contributed by atoms with Crippen LogP contribution in [0.4, 0.5) is 5.69 Å². The topological polar surface area (TPSA) is 103 Å². The van der Waals surface area contributed by atoms with Crippen molar-refractivity contribution in [1.29, 1.82) is 0 Å². The van der Waals surface area contributed by atoms with Gasteiger partial charge in [0, 0.05) is 32.0 Å². The quantitative estimate of drug-likeness (QED) is 0.712. The van der Waals surface area contributed by atoms with Crippen molar-refractivity contribution < 1.29 is 18.0 Å². The van der Waals surface area contributed by atoms with Crippen molar-refractivity contribution in [3.05, 3.63) is 47.3 Å². The second-order valence-electron chi connectivity index (χ2n) is 8.28. The van der Waals surface area contributed by atoms with Gasteiger partial charge in [0.2, 0.25) is 15.9 Å². The normalized spacial score (nSPS) is 15.3. The van der Waals surface area contributed by atoms with Gasteiger partial charge in [-0.3, -0.25) is 9.59 Å². The number of carbonyl (C=O) groups is 2. The van der Waals surface area contributed by atoms with Crippen molar-refractivity contribution in [2.24, 2.45) is 5.92 Å². The molecule has 0 radical (unpaired) electrons. The van der Waals surface area contributed by atoms with Crippen LogP contribution < -0.4 is 5.32 Å². The van der Waals surface area contributed by atoms with Crippen molar-refractivity contribution in [1.82, 2.24) is 14.2 Å². The van der Waals surface area contributed by atoms with Crippen LogP contribution in [0, 0.1) is 19.8 Å². The monoisotopic (exact) mass is 446 g/mol. The van der Waals surface area contributed by atoms with Gasteiger partial charge in [0.05, 0.1) is 6.54 Å². The molecule has 0 atom stereocenters. The van der Waals surface area contributed by atoms with E-state index < -0.39 is 15.9 Å². The molecule has 0 unspecified atom stereocenters. The highest BCUT2D eigenvalue weighted by molar-refractivity contribution is 7.89. The number of hydrogen-bond donors (Lipinski definition) is 2. The molecule has 3 rings (SSSR count). The van der Waals surface area contributed by atoms with Gasteiger partial charge in [0.1, 0.15) is 10.6 Å². The maximum absolute atomic E-state index is 12.9. The van der Waals surface area contributed by atoms with E-state index in [4.69, 9.17) is 0 Å². The molecule has 0 aliphatic carbocycles. The molecule has 8 nitrogen and oxygen atoms in total. The van der Waals surface area contributed by atoms with Crippen LogP contribution in [-0.4, -0.2) is 61.1 Å². The Morgan fingerprint density at radius 1 is 1.23 bits per heavy atom. The zero-order chi connectivity index (χ0) is 22.8. The lowest BCUT2D eigenvalue weighted by atomic mass is 9.99. The molecule has 2 heterocycles. The Balaban J connectivity index is 1.66. The minimum Gasteiger partial charge on any atom is -0.356 e. The SMILES string of the molecule is Cc1cccc(NC(=O)CN(C)S(=O)(=O)c2c[nH]c(C(=O)N3CCC(C)CC3)c2)c1C. The molecule has 168 valence electrons. The van der Waals surface area contributed by atoms with E-state index in [0.29, 0.717) is 24.7 Å². The molecule has 1 aromatic carbocycles. The highest BCUT2D eigenvalue weighted by atomic mass is 32.2. The van der Waals surface area contributed by atoms with Crippen LogP contribution in [0.3, 0.4) is 0 Å². The summed E-state index contributed by atoms with van der Waals surface area (Å²) in [6.45, 7) is 6.99. The van der Waals surface area contributed by atoms with Gasteiger partial charge in [-0.25, -0.2) is 8.42 Å². The Bertz CT molecular complexity index is 1070. The van der Waals surface area contributed by atoms with Crippen LogP contribution in [0.5, 0.6) is 0 Å². The van der Waals surface area contributed by atoms with E-state index in [-0.39, 0.29) is 23.0 Å². The maximum Gasteiger partial charge on any atom is 0.270 e. The fraction of sp³-hybridized carbons (Fsp3) is 0.455. The van der Waals surface area contributed by atoms with E-state index in [1.54, 1.807) is 11.0 Å². The predicted octanol–water partition coefficient (Wildman–Crippen LogP) is 2.76. The van der Waals surface area contributed by atoms with Gasteiger partial charge in [-0.2, -0.15) is 4.31 Å². The number of nitrogens with zero attached hydrogens (tertiary/aromatic N) is 2. The Hall–Kier alpha value is -2.65. The minimum atomic E-state index is -3.93. The lowest BCUT2D eigenvalue weighted by Gasteiger charge is -2.29. The number of piperidine rings is 1. The third kappa shape index (κ3) is 5.16. The van der Waals surface area contributed by atoms with Crippen molar-refractivity contribution in [3.63, 3.8) is 0 Å². The van der Waals surface area contributed by atoms with Gasteiger partial charge in [-0.05, 0) is 55.9 Å². The van der Waals surface area contributed by atoms with E-state index in [2.05, 4.69) is 17.2 Å². The van der Waals surface area contributed by atoms with E-state index in [9.17, 15) is 18.0 Å². The van der Waals surface area contributed by atoms with E-state index in [0.717, 1.165) is 28.3 Å². The number of carbonyl (C=O) groups excluding carboxylic acids is 2. The summed E-state index contributed by atoms with van der Waals surface area (Å²) in [5, 5.41) is 2.76. The number of nitrogens with one attached hydrogen (secondary N) is 2.